The van der Waals surface area contributed by atoms with Crippen LogP contribution >= 0.6 is 11.3 Å². The zero-order chi connectivity index (χ0) is 16.4. The topological polar surface area (TPSA) is 89.8 Å². The molecule has 0 fully saturated rings. The average Bonchev–Trinajstić information content (AvgIpc) is 3.02. The van der Waals surface area contributed by atoms with Gasteiger partial charge in [0.05, 0.1) is 5.39 Å². The lowest BCUT2D eigenvalue weighted by atomic mass is 10.0. The van der Waals surface area contributed by atoms with E-state index in [-0.39, 0.29) is 17.4 Å². The van der Waals surface area contributed by atoms with E-state index in [0.29, 0.717) is 16.0 Å². The first-order valence-electron chi connectivity index (χ1n) is 7.12. The molecule has 1 aromatic carbocycles. The maximum Gasteiger partial charge on any atom is 0.278 e. The molecule has 23 heavy (non-hydrogen) atoms. The molecule has 0 saturated heterocycles. The minimum atomic E-state index is -0.761. The second kappa shape index (κ2) is 6.25. The van der Waals surface area contributed by atoms with Crippen LogP contribution in [0.2, 0.25) is 0 Å². The van der Waals surface area contributed by atoms with Crippen molar-refractivity contribution in [2.24, 2.45) is 5.92 Å². The summed E-state index contributed by atoms with van der Waals surface area (Å²) in [4.78, 5) is 29.2. The summed E-state index contributed by atoms with van der Waals surface area (Å²) >= 11 is 1.32. The highest BCUT2D eigenvalue weighted by Crippen LogP contribution is 2.19. The van der Waals surface area contributed by atoms with Crippen molar-refractivity contribution < 1.29 is 4.79 Å². The van der Waals surface area contributed by atoms with Gasteiger partial charge < -0.3 is 5.32 Å². The molecule has 118 valence electrons. The van der Waals surface area contributed by atoms with Gasteiger partial charge in [0.2, 0.25) is 0 Å². The molecule has 1 N–H and O–H groups in total. The van der Waals surface area contributed by atoms with E-state index in [1.165, 1.54) is 11.3 Å². The maximum absolute atomic E-state index is 12.6. The lowest BCUT2D eigenvalue weighted by Gasteiger charge is -2.20. The minimum absolute atomic E-state index is 0.136. The molecule has 3 aromatic rings. The molecule has 1 amide bonds. The van der Waals surface area contributed by atoms with Crippen LogP contribution in [-0.4, -0.2) is 25.9 Å². The highest BCUT2D eigenvalue weighted by molar-refractivity contribution is 7.13. The third kappa shape index (κ3) is 2.98. The van der Waals surface area contributed by atoms with Crippen molar-refractivity contribution in [3.8, 4) is 0 Å². The Morgan fingerprint density at radius 1 is 1.30 bits per heavy atom. The fraction of sp³-hybridized carbons (Fsp3) is 0.267. The van der Waals surface area contributed by atoms with E-state index in [1.54, 1.807) is 35.8 Å². The number of hydrogen-bond acceptors (Lipinski definition) is 6. The van der Waals surface area contributed by atoms with Gasteiger partial charge in [-0.15, -0.1) is 16.4 Å². The number of nitrogens with one attached hydrogen (secondary N) is 1. The lowest BCUT2D eigenvalue weighted by Crippen LogP contribution is -2.38. The van der Waals surface area contributed by atoms with Crippen LogP contribution in [0.4, 0.5) is 5.13 Å². The van der Waals surface area contributed by atoms with Crippen molar-refractivity contribution >= 4 is 33.3 Å². The Kier molecular flexibility index (Phi) is 4.16. The molecular weight excluding hydrogens is 314 g/mol. The summed E-state index contributed by atoms with van der Waals surface area (Å²) in [6.45, 7) is 3.71. The molecule has 2 heterocycles. The predicted molar refractivity (Wildman–Crippen MR) is 88.4 cm³/mol. The Bertz CT molecular complexity index is 888. The van der Waals surface area contributed by atoms with E-state index in [1.807, 2.05) is 13.8 Å². The average molecular weight is 329 g/mol. The predicted octanol–water partition coefficient (Wildman–Crippen LogP) is 2.08. The standard InChI is InChI=1S/C15H15N5O2S/c1-9(2)12(13(21)17-15-16-7-8-23-15)20-14(22)10-5-3-4-6-11(10)18-19-20/h3-9,12H,1-2H3,(H,16,17,21)/t12-/m1/s1. The Balaban J connectivity index is 2.03. The number of fused-ring (bicyclic) bond motifs is 1. The highest BCUT2D eigenvalue weighted by atomic mass is 32.1. The van der Waals surface area contributed by atoms with Gasteiger partial charge in [-0.25, -0.2) is 4.98 Å². The molecule has 7 nitrogen and oxygen atoms in total. The number of nitrogens with zero attached hydrogens (tertiary/aromatic N) is 4. The first-order chi connectivity index (χ1) is 11.1. The number of benzene rings is 1. The zero-order valence-corrected chi connectivity index (χ0v) is 13.4. The monoisotopic (exact) mass is 329 g/mol. The van der Waals surface area contributed by atoms with Gasteiger partial charge in [0.1, 0.15) is 11.6 Å². The Labute approximate surface area is 136 Å². The number of aromatic nitrogens is 4. The molecule has 2 aromatic heterocycles. The van der Waals surface area contributed by atoms with Gasteiger partial charge in [0.25, 0.3) is 11.5 Å². The summed E-state index contributed by atoms with van der Waals surface area (Å²) in [5.74, 6) is -0.468. The molecule has 0 spiro atoms. The van der Waals surface area contributed by atoms with Crippen LogP contribution in [0.5, 0.6) is 0 Å². The van der Waals surface area contributed by atoms with Crippen molar-refractivity contribution in [2.45, 2.75) is 19.9 Å². The Hall–Kier alpha value is -2.61. The van der Waals surface area contributed by atoms with Gasteiger partial charge >= 0.3 is 0 Å². The van der Waals surface area contributed by atoms with Gasteiger partial charge in [-0.05, 0) is 18.1 Å². The van der Waals surface area contributed by atoms with Crippen molar-refractivity contribution in [3.05, 3.63) is 46.2 Å². The Morgan fingerprint density at radius 3 is 2.78 bits per heavy atom. The maximum atomic E-state index is 12.6. The van der Waals surface area contributed by atoms with E-state index in [4.69, 9.17) is 0 Å². The van der Waals surface area contributed by atoms with Crippen molar-refractivity contribution in [2.75, 3.05) is 5.32 Å². The molecule has 0 aliphatic carbocycles. The van der Waals surface area contributed by atoms with Crippen molar-refractivity contribution in [3.63, 3.8) is 0 Å². The third-order valence-corrected chi connectivity index (χ3v) is 4.11. The van der Waals surface area contributed by atoms with Crippen molar-refractivity contribution in [1.82, 2.24) is 20.0 Å². The van der Waals surface area contributed by atoms with Gasteiger partial charge in [-0.3, -0.25) is 9.59 Å². The quantitative estimate of drug-likeness (QED) is 0.791. The summed E-state index contributed by atoms with van der Waals surface area (Å²) in [6.07, 6.45) is 1.60. The number of anilines is 1. The Morgan fingerprint density at radius 2 is 2.09 bits per heavy atom. The number of rotatable bonds is 4. The number of thiazole rings is 1. The molecule has 0 bridgehead atoms. The molecule has 0 aliphatic heterocycles. The normalized spacial score (nSPS) is 12.5. The molecular formula is C15H15N5O2S. The van der Waals surface area contributed by atoms with E-state index in [9.17, 15) is 9.59 Å². The van der Waals surface area contributed by atoms with Gasteiger partial charge in [0, 0.05) is 11.6 Å². The molecule has 3 rings (SSSR count). The number of carbonyl (C=O) groups is 1. The second-order valence-corrected chi connectivity index (χ2v) is 6.27. The summed E-state index contributed by atoms with van der Waals surface area (Å²) in [5, 5.41) is 13.4. The van der Waals surface area contributed by atoms with Crippen LogP contribution in [0, 0.1) is 5.92 Å². The van der Waals surface area contributed by atoms with Crippen molar-refractivity contribution in [1.29, 1.82) is 0 Å². The van der Waals surface area contributed by atoms with Gasteiger partial charge in [0.15, 0.2) is 5.13 Å². The second-order valence-electron chi connectivity index (χ2n) is 5.37. The minimum Gasteiger partial charge on any atom is -0.300 e. The summed E-state index contributed by atoms with van der Waals surface area (Å²) < 4.78 is 1.15. The number of hydrogen-bond donors (Lipinski definition) is 1. The van der Waals surface area contributed by atoms with Crippen LogP contribution in [0.15, 0.2) is 40.6 Å². The van der Waals surface area contributed by atoms with E-state index in [2.05, 4.69) is 20.6 Å². The smallest absolute Gasteiger partial charge is 0.278 e. The van der Waals surface area contributed by atoms with Gasteiger partial charge in [-0.2, -0.15) is 4.68 Å². The molecule has 0 aliphatic rings. The van der Waals surface area contributed by atoms with Crippen LogP contribution in [0.25, 0.3) is 10.9 Å². The fourth-order valence-corrected chi connectivity index (χ4v) is 2.88. The summed E-state index contributed by atoms with van der Waals surface area (Å²) in [7, 11) is 0. The largest absolute Gasteiger partial charge is 0.300 e. The van der Waals surface area contributed by atoms with Crippen LogP contribution < -0.4 is 10.9 Å². The SMILES string of the molecule is CC(C)[C@H](C(=O)Nc1nccs1)n1nnc2ccccc2c1=O. The van der Waals surface area contributed by atoms with Gasteiger partial charge in [-0.1, -0.05) is 31.2 Å². The first-order valence-corrected chi connectivity index (χ1v) is 8.00. The number of amides is 1. The fourth-order valence-electron chi connectivity index (χ4n) is 2.34. The molecule has 0 unspecified atom stereocenters. The zero-order valence-electron chi connectivity index (χ0n) is 12.6. The van der Waals surface area contributed by atoms with Crippen LogP contribution in [0.3, 0.4) is 0 Å². The van der Waals surface area contributed by atoms with Crippen LogP contribution in [0.1, 0.15) is 19.9 Å². The first kappa shape index (κ1) is 15.3. The molecule has 8 heteroatoms. The summed E-state index contributed by atoms with van der Waals surface area (Å²) in [6, 6.07) is 6.18. The van der Waals surface area contributed by atoms with Crippen LogP contribution in [-0.2, 0) is 4.79 Å². The number of carbonyl (C=O) groups excluding carboxylic acids is 1. The third-order valence-electron chi connectivity index (χ3n) is 3.42. The van der Waals surface area contributed by atoms with E-state index < -0.39 is 6.04 Å². The molecule has 0 radical (unpaired) electrons. The lowest BCUT2D eigenvalue weighted by molar-refractivity contribution is -0.120. The van der Waals surface area contributed by atoms with E-state index in [0.717, 1.165) is 4.68 Å². The highest BCUT2D eigenvalue weighted by Gasteiger charge is 2.27. The summed E-state index contributed by atoms with van der Waals surface area (Å²) in [5.41, 5.74) is 0.181. The van der Waals surface area contributed by atoms with E-state index >= 15 is 0 Å². The molecule has 0 saturated carbocycles. The molecule has 1 atom stereocenters.